The molecule has 0 saturated heterocycles. The van der Waals surface area contributed by atoms with Gasteiger partial charge in [0.05, 0.1) is 6.42 Å². The monoisotopic (exact) mass is 137 g/mol. The summed E-state index contributed by atoms with van der Waals surface area (Å²) >= 11 is 0. The van der Waals surface area contributed by atoms with Gasteiger partial charge in [0.1, 0.15) is 6.29 Å². The van der Waals surface area contributed by atoms with E-state index in [9.17, 15) is 18.4 Å². The van der Waals surface area contributed by atoms with Crippen molar-refractivity contribution >= 4 is 12.2 Å². The Hall–Kier alpha value is -1.00. The van der Waals surface area contributed by atoms with Crippen molar-refractivity contribution in [3.63, 3.8) is 0 Å². The Morgan fingerprint density at radius 1 is 1.67 bits per heavy atom. The molecule has 0 radical (unpaired) electrons. The highest BCUT2D eigenvalue weighted by Crippen LogP contribution is 2.14. The molecule has 1 amide bonds. The Morgan fingerprint density at radius 2 is 2.11 bits per heavy atom. The highest BCUT2D eigenvalue weighted by Gasteiger charge is 2.35. The second-order valence-electron chi connectivity index (χ2n) is 1.44. The number of hydrogen-bond donors (Lipinski definition) is 1. The molecule has 0 unspecified atom stereocenters. The van der Waals surface area contributed by atoms with Crippen molar-refractivity contribution in [1.29, 1.82) is 0 Å². The van der Waals surface area contributed by atoms with Crippen molar-refractivity contribution in [2.75, 3.05) is 0 Å². The van der Waals surface area contributed by atoms with Crippen LogP contribution in [0.5, 0.6) is 0 Å². The zero-order valence-electron chi connectivity index (χ0n) is 4.43. The van der Waals surface area contributed by atoms with Gasteiger partial charge in [-0.3, -0.25) is 4.79 Å². The lowest BCUT2D eigenvalue weighted by Gasteiger charge is -2.05. The first-order valence-corrected chi connectivity index (χ1v) is 2.12. The molecule has 0 aromatic rings. The summed E-state index contributed by atoms with van der Waals surface area (Å²) < 4.78 is 23.7. The Balaban J connectivity index is 4.00. The van der Waals surface area contributed by atoms with Crippen LogP contribution in [-0.2, 0) is 9.59 Å². The number of carbonyl (C=O) groups excluding carboxylic acids is 2. The lowest BCUT2D eigenvalue weighted by molar-refractivity contribution is -0.144. The van der Waals surface area contributed by atoms with Gasteiger partial charge in [0.15, 0.2) is 0 Å². The van der Waals surface area contributed by atoms with Crippen LogP contribution in [0.15, 0.2) is 0 Å². The molecule has 0 rings (SSSR count). The van der Waals surface area contributed by atoms with E-state index in [-0.39, 0.29) is 6.29 Å². The summed E-state index contributed by atoms with van der Waals surface area (Å²) in [7, 11) is 0. The van der Waals surface area contributed by atoms with Crippen LogP contribution in [0.2, 0.25) is 0 Å². The van der Waals surface area contributed by atoms with Gasteiger partial charge in [-0.15, -0.1) is 0 Å². The Labute approximate surface area is 49.8 Å². The summed E-state index contributed by atoms with van der Waals surface area (Å²) in [6, 6.07) is 0. The third kappa shape index (κ3) is 2.16. The molecule has 0 saturated carbocycles. The predicted molar refractivity (Wildman–Crippen MR) is 24.8 cm³/mol. The van der Waals surface area contributed by atoms with Gasteiger partial charge in [-0.25, -0.2) is 0 Å². The number of halogens is 2. The summed E-state index contributed by atoms with van der Waals surface area (Å²) in [6.45, 7) is 0. The van der Waals surface area contributed by atoms with Crippen molar-refractivity contribution in [3.8, 4) is 0 Å². The molecular weight excluding hydrogens is 132 g/mol. The van der Waals surface area contributed by atoms with Gasteiger partial charge in [0.2, 0.25) is 0 Å². The fraction of sp³-hybridized carbons (Fsp3) is 0.500. The molecular formula is C4H5F2NO2. The van der Waals surface area contributed by atoms with Crippen LogP contribution in [-0.4, -0.2) is 18.1 Å². The van der Waals surface area contributed by atoms with Gasteiger partial charge in [-0.1, -0.05) is 0 Å². The fourth-order valence-electron chi connectivity index (χ4n) is 0.205. The standard InChI is InChI=1S/C4H5F2NO2/c5-4(6,1-2-8)3(7)9/h2H,1H2,(H2,7,9). The van der Waals surface area contributed by atoms with Gasteiger partial charge in [-0.05, 0) is 0 Å². The van der Waals surface area contributed by atoms with E-state index >= 15 is 0 Å². The van der Waals surface area contributed by atoms with Gasteiger partial charge < -0.3 is 10.5 Å². The maximum absolute atomic E-state index is 11.8. The van der Waals surface area contributed by atoms with Crippen LogP contribution in [0.3, 0.4) is 0 Å². The average Bonchev–Trinajstić information content (AvgIpc) is 1.65. The summed E-state index contributed by atoms with van der Waals surface area (Å²) in [5.74, 6) is -5.45. The summed E-state index contributed by atoms with van der Waals surface area (Å²) in [6.07, 6.45) is -1.19. The zero-order chi connectivity index (χ0) is 7.49. The van der Waals surface area contributed by atoms with Crippen molar-refractivity contribution in [3.05, 3.63) is 0 Å². The first-order valence-electron chi connectivity index (χ1n) is 2.12. The number of hydrogen-bond acceptors (Lipinski definition) is 2. The van der Waals surface area contributed by atoms with Crippen LogP contribution in [0.4, 0.5) is 8.78 Å². The van der Waals surface area contributed by atoms with Crippen molar-refractivity contribution in [2.45, 2.75) is 12.3 Å². The molecule has 0 aliphatic carbocycles. The number of nitrogens with two attached hydrogens (primary N) is 1. The Morgan fingerprint density at radius 3 is 2.22 bits per heavy atom. The molecule has 0 atom stereocenters. The van der Waals surface area contributed by atoms with Gasteiger partial charge in [0, 0.05) is 0 Å². The minimum atomic E-state index is -3.68. The van der Waals surface area contributed by atoms with Crippen LogP contribution in [0.25, 0.3) is 0 Å². The normalized spacial score (nSPS) is 10.9. The fourth-order valence-corrected chi connectivity index (χ4v) is 0.205. The minimum absolute atomic E-state index is 0.0508. The Kier molecular flexibility index (Phi) is 2.24. The average molecular weight is 137 g/mol. The molecule has 5 heteroatoms. The van der Waals surface area contributed by atoms with Gasteiger partial charge in [0.25, 0.3) is 5.91 Å². The molecule has 2 N–H and O–H groups in total. The highest BCUT2D eigenvalue weighted by atomic mass is 19.3. The van der Waals surface area contributed by atoms with Crippen molar-refractivity contribution in [1.82, 2.24) is 0 Å². The van der Waals surface area contributed by atoms with Gasteiger partial charge >= 0.3 is 5.92 Å². The number of amides is 1. The summed E-state index contributed by atoms with van der Waals surface area (Å²) in [5, 5.41) is 0. The number of rotatable bonds is 3. The quantitative estimate of drug-likeness (QED) is 0.542. The second-order valence-corrected chi connectivity index (χ2v) is 1.44. The third-order valence-electron chi connectivity index (χ3n) is 0.700. The van der Waals surface area contributed by atoms with E-state index in [0.29, 0.717) is 0 Å². The number of carbonyl (C=O) groups is 2. The third-order valence-corrected chi connectivity index (χ3v) is 0.700. The van der Waals surface area contributed by atoms with Crippen LogP contribution in [0, 0.1) is 0 Å². The SMILES string of the molecule is NC(=O)C(F)(F)CC=O. The maximum Gasteiger partial charge on any atom is 0.330 e. The van der Waals surface area contributed by atoms with Crippen LogP contribution in [0.1, 0.15) is 6.42 Å². The molecule has 0 spiro atoms. The lowest BCUT2D eigenvalue weighted by Crippen LogP contribution is -2.35. The maximum atomic E-state index is 11.8. The molecule has 52 valence electrons. The van der Waals surface area contributed by atoms with E-state index < -0.39 is 18.3 Å². The van der Waals surface area contributed by atoms with Crippen LogP contribution < -0.4 is 5.73 Å². The Bertz CT molecular complexity index is 135. The molecule has 0 aliphatic heterocycles. The molecule has 0 fully saturated rings. The lowest BCUT2D eigenvalue weighted by atomic mass is 10.2. The summed E-state index contributed by atoms with van der Waals surface area (Å²) in [4.78, 5) is 19.2. The zero-order valence-corrected chi connectivity index (χ0v) is 4.43. The smallest absolute Gasteiger partial charge is 0.330 e. The van der Waals surface area contributed by atoms with E-state index in [2.05, 4.69) is 5.73 Å². The minimum Gasteiger partial charge on any atom is -0.364 e. The predicted octanol–water partition coefficient (Wildman–Crippen LogP) is -0.304. The molecule has 0 aromatic carbocycles. The molecule has 9 heavy (non-hydrogen) atoms. The molecule has 0 aliphatic rings. The first-order chi connectivity index (χ1) is 4.00. The van der Waals surface area contributed by atoms with Gasteiger partial charge in [-0.2, -0.15) is 8.78 Å². The molecule has 0 heterocycles. The first kappa shape index (κ1) is 8.00. The number of aldehydes is 1. The largest absolute Gasteiger partial charge is 0.364 e. The topological polar surface area (TPSA) is 60.2 Å². The van der Waals surface area contributed by atoms with E-state index in [0.717, 1.165) is 0 Å². The molecule has 0 aromatic heterocycles. The number of primary amides is 1. The molecule has 3 nitrogen and oxygen atoms in total. The highest BCUT2D eigenvalue weighted by molar-refractivity contribution is 5.84. The second kappa shape index (κ2) is 2.52. The number of alkyl halides is 2. The van der Waals surface area contributed by atoms with E-state index in [4.69, 9.17) is 0 Å². The van der Waals surface area contributed by atoms with Crippen molar-refractivity contribution in [2.24, 2.45) is 5.73 Å². The molecule has 0 bridgehead atoms. The summed E-state index contributed by atoms with van der Waals surface area (Å²) in [5.41, 5.74) is 4.21. The van der Waals surface area contributed by atoms with E-state index in [1.165, 1.54) is 0 Å². The van der Waals surface area contributed by atoms with Crippen LogP contribution >= 0.6 is 0 Å². The van der Waals surface area contributed by atoms with E-state index in [1.807, 2.05) is 0 Å². The van der Waals surface area contributed by atoms with E-state index in [1.54, 1.807) is 0 Å². The van der Waals surface area contributed by atoms with Crippen molar-refractivity contribution < 1.29 is 18.4 Å².